The maximum absolute atomic E-state index is 10.8. The highest BCUT2D eigenvalue weighted by Crippen LogP contribution is 2.27. The minimum atomic E-state index is -1.16. The average molecular weight is 274 g/mol. The molecule has 7 heteroatoms. The summed E-state index contributed by atoms with van der Waals surface area (Å²) in [6, 6.07) is 8.49. The Morgan fingerprint density at radius 2 is 2.10 bits per heavy atom. The van der Waals surface area contributed by atoms with Crippen LogP contribution in [0.4, 0.5) is 5.69 Å². The highest BCUT2D eigenvalue weighted by Gasteiger charge is 2.11. The first kappa shape index (κ1) is 13.5. The van der Waals surface area contributed by atoms with Crippen LogP contribution in [0, 0.1) is 17.0 Å². The van der Waals surface area contributed by atoms with E-state index in [1.165, 1.54) is 36.4 Å². The molecule has 0 aliphatic carbocycles. The molecule has 1 heterocycles. The number of non-ortho nitro benzene ring substituents is 1. The van der Waals surface area contributed by atoms with Crippen molar-refractivity contribution < 1.29 is 19.6 Å². The molecule has 0 radical (unpaired) electrons. The van der Waals surface area contributed by atoms with Gasteiger partial charge in [0.15, 0.2) is 5.69 Å². The van der Waals surface area contributed by atoms with E-state index in [4.69, 9.17) is 9.84 Å². The van der Waals surface area contributed by atoms with Crippen LogP contribution in [0.5, 0.6) is 11.6 Å². The molecule has 0 unspecified atom stereocenters. The number of aromatic nitrogens is 1. The molecule has 7 nitrogen and oxygen atoms in total. The van der Waals surface area contributed by atoms with Crippen molar-refractivity contribution in [2.45, 2.75) is 6.92 Å². The topological polar surface area (TPSA) is 103 Å². The molecular weight excluding hydrogens is 264 g/mol. The van der Waals surface area contributed by atoms with Gasteiger partial charge in [-0.05, 0) is 24.6 Å². The number of nitrogens with zero attached hydrogens (tertiary/aromatic N) is 2. The summed E-state index contributed by atoms with van der Waals surface area (Å²) in [6.45, 7) is 1.66. The van der Waals surface area contributed by atoms with Gasteiger partial charge in [0.2, 0.25) is 5.88 Å². The lowest BCUT2D eigenvalue weighted by atomic mass is 10.2. The number of carboxylic acids is 1. The van der Waals surface area contributed by atoms with E-state index in [0.29, 0.717) is 11.3 Å². The van der Waals surface area contributed by atoms with E-state index in [1.54, 1.807) is 6.92 Å². The monoisotopic (exact) mass is 274 g/mol. The zero-order valence-corrected chi connectivity index (χ0v) is 10.4. The van der Waals surface area contributed by atoms with Crippen molar-refractivity contribution in [1.29, 1.82) is 0 Å². The summed E-state index contributed by atoms with van der Waals surface area (Å²) in [4.78, 5) is 24.7. The Balaban J connectivity index is 2.28. The number of hydrogen-bond donors (Lipinski definition) is 1. The average Bonchev–Trinajstić information content (AvgIpc) is 2.41. The number of benzene rings is 1. The highest BCUT2D eigenvalue weighted by atomic mass is 16.6. The van der Waals surface area contributed by atoms with Crippen LogP contribution in [0.1, 0.15) is 16.1 Å². The van der Waals surface area contributed by atoms with Gasteiger partial charge in [0.05, 0.1) is 4.92 Å². The Labute approximate surface area is 113 Å². The minimum Gasteiger partial charge on any atom is -0.477 e. The molecule has 0 fully saturated rings. The largest absolute Gasteiger partial charge is 0.477 e. The lowest BCUT2D eigenvalue weighted by Gasteiger charge is -2.07. The first-order chi connectivity index (χ1) is 9.47. The van der Waals surface area contributed by atoms with Gasteiger partial charge in [-0.3, -0.25) is 10.1 Å². The van der Waals surface area contributed by atoms with Crippen LogP contribution in [0.2, 0.25) is 0 Å². The van der Waals surface area contributed by atoms with Crippen molar-refractivity contribution >= 4 is 11.7 Å². The van der Waals surface area contributed by atoms with E-state index in [0.717, 1.165) is 0 Å². The van der Waals surface area contributed by atoms with Gasteiger partial charge in [-0.15, -0.1) is 0 Å². The number of rotatable bonds is 4. The fraction of sp³-hybridized carbons (Fsp3) is 0.0769. The summed E-state index contributed by atoms with van der Waals surface area (Å²) in [7, 11) is 0. The Morgan fingerprint density at radius 1 is 1.35 bits per heavy atom. The second-order valence-electron chi connectivity index (χ2n) is 3.98. The molecule has 0 spiro atoms. The van der Waals surface area contributed by atoms with Crippen LogP contribution in [0.3, 0.4) is 0 Å². The maximum Gasteiger partial charge on any atom is 0.354 e. The molecule has 0 atom stereocenters. The SMILES string of the molecule is Cc1cc([N+](=O)[O-])ccc1Oc1cccc(C(=O)O)n1. The van der Waals surface area contributed by atoms with Crippen LogP contribution < -0.4 is 4.74 Å². The van der Waals surface area contributed by atoms with E-state index in [-0.39, 0.29) is 17.3 Å². The van der Waals surface area contributed by atoms with Crippen LogP contribution >= 0.6 is 0 Å². The Morgan fingerprint density at radius 3 is 2.70 bits per heavy atom. The fourth-order valence-corrected chi connectivity index (χ4v) is 1.57. The van der Waals surface area contributed by atoms with Crippen LogP contribution in [-0.4, -0.2) is 21.0 Å². The van der Waals surface area contributed by atoms with Gasteiger partial charge in [-0.2, -0.15) is 0 Å². The second kappa shape index (κ2) is 5.35. The van der Waals surface area contributed by atoms with E-state index in [9.17, 15) is 14.9 Å². The number of aromatic carboxylic acids is 1. The molecule has 1 aromatic carbocycles. The quantitative estimate of drug-likeness (QED) is 0.679. The van der Waals surface area contributed by atoms with Crippen LogP contribution in [0.15, 0.2) is 36.4 Å². The van der Waals surface area contributed by atoms with Gasteiger partial charge in [0.1, 0.15) is 5.75 Å². The van der Waals surface area contributed by atoms with Crippen molar-refractivity contribution in [3.05, 3.63) is 57.8 Å². The lowest BCUT2D eigenvalue weighted by molar-refractivity contribution is -0.384. The number of nitro benzene ring substituents is 1. The number of nitro groups is 1. The zero-order valence-electron chi connectivity index (χ0n) is 10.4. The van der Waals surface area contributed by atoms with E-state index < -0.39 is 10.9 Å². The van der Waals surface area contributed by atoms with Gasteiger partial charge in [0.25, 0.3) is 5.69 Å². The van der Waals surface area contributed by atoms with Crippen molar-refractivity contribution in [1.82, 2.24) is 4.98 Å². The molecule has 0 bridgehead atoms. The Bertz CT molecular complexity index is 684. The predicted octanol–water partition coefficient (Wildman–Crippen LogP) is 2.79. The first-order valence-corrected chi connectivity index (χ1v) is 5.60. The van der Waals surface area contributed by atoms with Gasteiger partial charge >= 0.3 is 5.97 Å². The predicted molar refractivity (Wildman–Crippen MR) is 69.1 cm³/mol. The molecule has 1 aromatic heterocycles. The maximum atomic E-state index is 10.8. The van der Waals surface area contributed by atoms with Gasteiger partial charge in [-0.1, -0.05) is 6.07 Å². The summed E-state index contributed by atoms with van der Waals surface area (Å²) in [5, 5.41) is 19.5. The number of ether oxygens (including phenoxy) is 1. The summed E-state index contributed by atoms with van der Waals surface area (Å²) in [6.07, 6.45) is 0. The molecule has 2 rings (SSSR count). The molecule has 102 valence electrons. The first-order valence-electron chi connectivity index (χ1n) is 5.60. The third-order valence-corrected chi connectivity index (χ3v) is 2.53. The van der Waals surface area contributed by atoms with Gasteiger partial charge in [0, 0.05) is 18.2 Å². The lowest BCUT2D eigenvalue weighted by Crippen LogP contribution is -2.01. The van der Waals surface area contributed by atoms with E-state index in [2.05, 4.69) is 4.98 Å². The van der Waals surface area contributed by atoms with Crippen LogP contribution in [-0.2, 0) is 0 Å². The van der Waals surface area contributed by atoms with Crippen molar-refractivity contribution in [3.8, 4) is 11.6 Å². The Hall–Kier alpha value is -2.96. The fourth-order valence-electron chi connectivity index (χ4n) is 1.57. The summed E-state index contributed by atoms with van der Waals surface area (Å²) in [5.74, 6) is -0.664. The normalized spacial score (nSPS) is 10.1. The standard InChI is InChI=1S/C13H10N2O5/c1-8-7-9(15(18)19)5-6-11(8)20-12-4-2-3-10(14-12)13(16)17/h2-7H,1H3,(H,16,17). The number of hydrogen-bond acceptors (Lipinski definition) is 5. The van der Waals surface area contributed by atoms with Crippen molar-refractivity contribution in [2.75, 3.05) is 0 Å². The molecule has 0 aliphatic heterocycles. The molecule has 0 amide bonds. The third-order valence-electron chi connectivity index (χ3n) is 2.53. The van der Waals surface area contributed by atoms with Gasteiger partial charge in [-0.25, -0.2) is 9.78 Å². The molecule has 20 heavy (non-hydrogen) atoms. The summed E-state index contributed by atoms with van der Waals surface area (Å²) >= 11 is 0. The van der Waals surface area contributed by atoms with Crippen LogP contribution in [0.25, 0.3) is 0 Å². The number of carboxylic acid groups (broad SMARTS) is 1. The number of pyridine rings is 1. The molecule has 2 aromatic rings. The molecule has 0 saturated carbocycles. The van der Waals surface area contributed by atoms with Crippen molar-refractivity contribution in [3.63, 3.8) is 0 Å². The zero-order chi connectivity index (χ0) is 14.7. The van der Waals surface area contributed by atoms with Gasteiger partial charge < -0.3 is 9.84 Å². The molecule has 1 N–H and O–H groups in total. The van der Waals surface area contributed by atoms with E-state index in [1.807, 2.05) is 0 Å². The molecule has 0 saturated heterocycles. The third kappa shape index (κ3) is 2.89. The minimum absolute atomic E-state index is 0.0397. The summed E-state index contributed by atoms with van der Waals surface area (Å²) in [5.41, 5.74) is 0.380. The molecular formula is C13H10N2O5. The number of carbonyl (C=O) groups is 1. The molecule has 0 aliphatic rings. The Kier molecular flexibility index (Phi) is 3.60. The second-order valence-corrected chi connectivity index (χ2v) is 3.98. The smallest absolute Gasteiger partial charge is 0.354 e. The highest BCUT2D eigenvalue weighted by molar-refractivity contribution is 5.85. The number of aryl methyl sites for hydroxylation is 1. The van der Waals surface area contributed by atoms with Crippen molar-refractivity contribution in [2.24, 2.45) is 0 Å². The van der Waals surface area contributed by atoms with E-state index >= 15 is 0 Å². The summed E-state index contributed by atoms with van der Waals surface area (Å²) < 4.78 is 5.44.